The molecule has 1 amide bonds. The van der Waals surface area contributed by atoms with Gasteiger partial charge in [-0.05, 0) is 12.5 Å². The van der Waals surface area contributed by atoms with Gasteiger partial charge in [-0.25, -0.2) is 9.59 Å². The van der Waals surface area contributed by atoms with Crippen molar-refractivity contribution in [3.05, 3.63) is 48.0 Å². The predicted octanol–water partition coefficient (Wildman–Crippen LogP) is 1.40. The Morgan fingerprint density at radius 2 is 1.87 bits per heavy atom. The quantitative estimate of drug-likeness (QED) is 0.578. The monoisotopic (exact) mass is 319 g/mol. The normalized spacial score (nSPS) is 11.2. The summed E-state index contributed by atoms with van der Waals surface area (Å²) < 4.78 is 9.47. The minimum absolute atomic E-state index is 0.0207. The molecule has 0 aromatic heterocycles. The van der Waals surface area contributed by atoms with E-state index in [0.717, 1.165) is 5.56 Å². The highest BCUT2D eigenvalue weighted by molar-refractivity contribution is 5.95. The van der Waals surface area contributed by atoms with E-state index in [-0.39, 0.29) is 18.6 Å². The molecule has 124 valence electrons. The molecule has 6 nitrogen and oxygen atoms in total. The fourth-order valence-corrected chi connectivity index (χ4v) is 1.94. The molecule has 0 spiro atoms. The molecule has 0 saturated heterocycles. The number of ether oxygens (including phenoxy) is 2. The Morgan fingerprint density at radius 1 is 1.22 bits per heavy atom. The highest BCUT2D eigenvalue weighted by Crippen LogP contribution is 2.07. The first kappa shape index (κ1) is 18.4. The molecule has 0 aliphatic carbocycles. The van der Waals surface area contributed by atoms with Crippen molar-refractivity contribution in [2.75, 3.05) is 13.7 Å². The lowest BCUT2D eigenvalue weighted by atomic mass is 10.1. The Bertz CT molecular complexity index is 568. The van der Waals surface area contributed by atoms with Gasteiger partial charge in [0, 0.05) is 12.0 Å². The van der Waals surface area contributed by atoms with Crippen LogP contribution in [-0.2, 0) is 30.3 Å². The smallest absolute Gasteiger partial charge is 0.333 e. The molecule has 0 fully saturated rings. The van der Waals surface area contributed by atoms with Crippen LogP contribution in [0, 0.1) is 0 Å². The molecular weight excluding hydrogens is 298 g/mol. The Morgan fingerprint density at radius 3 is 2.43 bits per heavy atom. The first-order chi connectivity index (χ1) is 11.0. The number of hydrogen-bond donors (Lipinski definition) is 1. The molecule has 1 aromatic rings. The van der Waals surface area contributed by atoms with Crippen molar-refractivity contribution < 1.29 is 23.9 Å². The fraction of sp³-hybridized carbons (Fsp3) is 0.353. The Kier molecular flexibility index (Phi) is 7.53. The van der Waals surface area contributed by atoms with Crippen molar-refractivity contribution in [3.63, 3.8) is 0 Å². The molecule has 6 heteroatoms. The SMILES string of the molecule is C=C(CC(=O)NC(Cc1ccccc1)C(=O)OCC)C(=O)OC. The number of hydrogen-bond acceptors (Lipinski definition) is 5. The van der Waals surface area contributed by atoms with Crippen molar-refractivity contribution in [2.24, 2.45) is 0 Å². The van der Waals surface area contributed by atoms with Gasteiger partial charge >= 0.3 is 11.9 Å². The summed E-state index contributed by atoms with van der Waals surface area (Å²) in [6.45, 7) is 5.40. The number of carbonyl (C=O) groups excluding carboxylic acids is 3. The second-order valence-electron chi connectivity index (χ2n) is 4.83. The van der Waals surface area contributed by atoms with Crippen LogP contribution in [-0.4, -0.2) is 37.6 Å². The van der Waals surface area contributed by atoms with Gasteiger partial charge in [-0.1, -0.05) is 36.9 Å². The summed E-state index contributed by atoms with van der Waals surface area (Å²) in [5.74, 6) is -1.67. The molecule has 0 heterocycles. The Hall–Kier alpha value is -2.63. The van der Waals surface area contributed by atoms with Crippen LogP contribution < -0.4 is 5.32 Å². The van der Waals surface area contributed by atoms with Crippen molar-refractivity contribution in [1.82, 2.24) is 5.32 Å². The lowest BCUT2D eigenvalue weighted by molar-refractivity contribution is -0.147. The molecule has 0 bridgehead atoms. The molecule has 23 heavy (non-hydrogen) atoms. The maximum absolute atomic E-state index is 12.0. The van der Waals surface area contributed by atoms with Crippen molar-refractivity contribution >= 4 is 17.8 Å². The Balaban J connectivity index is 2.72. The molecule has 0 radical (unpaired) electrons. The summed E-state index contributed by atoms with van der Waals surface area (Å²) in [6, 6.07) is 8.44. The van der Waals surface area contributed by atoms with Gasteiger partial charge in [0.15, 0.2) is 0 Å². The molecule has 1 N–H and O–H groups in total. The molecule has 1 rings (SSSR count). The van der Waals surface area contributed by atoms with Gasteiger partial charge in [0.05, 0.1) is 20.1 Å². The average Bonchev–Trinajstić information content (AvgIpc) is 2.54. The third-order valence-electron chi connectivity index (χ3n) is 3.04. The number of rotatable bonds is 8. The van der Waals surface area contributed by atoms with Crippen LogP contribution >= 0.6 is 0 Å². The van der Waals surface area contributed by atoms with Gasteiger partial charge in [-0.15, -0.1) is 0 Å². The van der Waals surface area contributed by atoms with Crippen LogP contribution in [0.2, 0.25) is 0 Å². The van der Waals surface area contributed by atoms with E-state index in [2.05, 4.69) is 16.6 Å². The summed E-state index contributed by atoms with van der Waals surface area (Å²) in [4.78, 5) is 35.3. The molecular formula is C17H21NO5. The minimum Gasteiger partial charge on any atom is -0.466 e. The van der Waals surface area contributed by atoms with Crippen LogP contribution in [0.5, 0.6) is 0 Å². The van der Waals surface area contributed by atoms with Crippen LogP contribution in [0.3, 0.4) is 0 Å². The third kappa shape index (κ3) is 6.34. The predicted molar refractivity (Wildman–Crippen MR) is 84.5 cm³/mol. The van der Waals surface area contributed by atoms with E-state index in [4.69, 9.17) is 4.74 Å². The van der Waals surface area contributed by atoms with Crippen LogP contribution in [0.15, 0.2) is 42.5 Å². The van der Waals surface area contributed by atoms with E-state index < -0.39 is 23.9 Å². The maximum Gasteiger partial charge on any atom is 0.333 e. The van der Waals surface area contributed by atoms with Gasteiger partial charge < -0.3 is 14.8 Å². The van der Waals surface area contributed by atoms with E-state index in [9.17, 15) is 14.4 Å². The van der Waals surface area contributed by atoms with E-state index in [1.807, 2.05) is 30.3 Å². The van der Waals surface area contributed by atoms with E-state index in [0.29, 0.717) is 6.42 Å². The first-order valence-corrected chi connectivity index (χ1v) is 7.24. The molecule has 0 aliphatic rings. The lowest BCUT2D eigenvalue weighted by Crippen LogP contribution is -2.43. The largest absolute Gasteiger partial charge is 0.466 e. The van der Waals surface area contributed by atoms with Crippen molar-refractivity contribution in [3.8, 4) is 0 Å². The van der Waals surface area contributed by atoms with Gasteiger partial charge in [-0.3, -0.25) is 4.79 Å². The summed E-state index contributed by atoms with van der Waals surface area (Å²) in [6.07, 6.45) is 0.0630. The maximum atomic E-state index is 12.0. The van der Waals surface area contributed by atoms with Gasteiger partial charge in [0.2, 0.25) is 5.91 Å². The van der Waals surface area contributed by atoms with E-state index in [1.54, 1.807) is 6.92 Å². The molecule has 0 aliphatic heterocycles. The topological polar surface area (TPSA) is 81.7 Å². The second kappa shape index (κ2) is 9.40. The number of carbonyl (C=O) groups is 3. The zero-order valence-corrected chi connectivity index (χ0v) is 13.3. The zero-order chi connectivity index (χ0) is 17.2. The van der Waals surface area contributed by atoms with Gasteiger partial charge in [0.1, 0.15) is 6.04 Å². The fourth-order valence-electron chi connectivity index (χ4n) is 1.94. The molecule has 0 saturated carbocycles. The van der Waals surface area contributed by atoms with Crippen LogP contribution in [0.25, 0.3) is 0 Å². The number of methoxy groups -OCH3 is 1. The summed E-state index contributed by atoms with van der Waals surface area (Å²) >= 11 is 0. The number of benzene rings is 1. The highest BCUT2D eigenvalue weighted by atomic mass is 16.5. The van der Waals surface area contributed by atoms with Gasteiger partial charge in [0.25, 0.3) is 0 Å². The molecule has 1 atom stereocenters. The lowest BCUT2D eigenvalue weighted by Gasteiger charge is -2.17. The summed E-state index contributed by atoms with van der Waals surface area (Å²) in [7, 11) is 1.21. The third-order valence-corrected chi connectivity index (χ3v) is 3.04. The van der Waals surface area contributed by atoms with E-state index >= 15 is 0 Å². The molecule has 1 aromatic carbocycles. The second-order valence-corrected chi connectivity index (χ2v) is 4.83. The first-order valence-electron chi connectivity index (χ1n) is 7.24. The average molecular weight is 319 g/mol. The van der Waals surface area contributed by atoms with Crippen molar-refractivity contribution in [1.29, 1.82) is 0 Å². The minimum atomic E-state index is -0.824. The number of amides is 1. The molecule has 1 unspecified atom stereocenters. The van der Waals surface area contributed by atoms with Crippen LogP contribution in [0.1, 0.15) is 18.9 Å². The Labute approximate surface area is 135 Å². The highest BCUT2D eigenvalue weighted by Gasteiger charge is 2.23. The standard InChI is InChI=1S/C17H21NO5/c1-4-23-17(21)14(11-13-8-6-5-7-9-13)18-15(19)10-12(2)16(20)22-3/h5-9,14H,2,4,10-11H2,1,3H3,(H,18,19). The van der Waals surface area contributed by atoms with E-state index in [1.165, 1.54) is 7.11 Å². The summed E-state index contributed by atoms with van der Waals surface area (Å²) in [5, 5.41) is 2.58. The zero-order valence-electron chi connectivity index (χ0n) is 13.3. The summed E-state index contributed by atoms with van der Waals surface area (Å²) in [5.41, 5.74) is 0.907. The number of esters is 2. The number of nitrogens with one attached hydrogen (secondary N) is 1. The van der Waals surface area contributed by atoms with Crippen LogP contribution in [0.4, 0.5) is 0 Å². The van der Waals surface area contributed by atoms with Gasteiger partial charge in [-0.2, -0.15) is 0 Å². The van der Waals surface area contributed by atoms with Crippen molar-refractivity contribution in [2.45, 2.75) is 25.8 Å².